The Kier molecular flexibility index (Phi) is 6.88. The molecule has 0 unspecified atom stereocenters. The maximum atomic E-state index is 12.6. The number of halogens is 1. The summed E-state index contributed by atoms with van der Waals surface area (Å²) in [6, 6.07) is 5.16. The van der Waals surface area contributed by atoms with Gasteiger partial charge in [-0.3, -0.25) is 9.59 Å². The summed E-state index contributed by atoms with van der Waals surface area (Å²) in [6.07, 6.45) is 1.33. The van der Waals surface area contributed by atoms with Crippen molar-refractivity contribution in [2.75, 3.05) is 6.61 Å². The Morgan fingerprint density at radius 3 is 2.32 bits per heavy atom. The Hall–Kier alpha value is -1.55. The summed E-state index contributed by atoms with van der Waals surface area (Å²) < 4.78 is 10.6. The van der Waals surface area contributed by atoms with Crippen LogP contribution in [0.15, 0.2) is 18.2 Å². The second kappa shape index (κ2) is 8.18. The Balaban J connectivity index is 3.03. The lowest BCUT2D eigenvalue weighted by Crippen LogP contribution is -2.42. The molecule has 0 heterocycles. The van der Waals surface area contributed by atoms with Crippen molar-refractivity contribution in [2.45, 2.75) is 47.0 Å². The van der Waals surface area contributed by atoms with E-state index in [9.17, 15) is 9.59 Å². The number of hydrogen-bond donors (Lipinski definition) is 0. The van der Waals surface area contributed by atoms with Gasteiger partial charge in [-0.05, 0) is 43.9 Å². The summed E-state index contributed by atoms with van der Waals surface area (Å²) >= 11 is 6.05. The molecule has 0 atom stereocenters. The molecular weight excluding hydrogens is 304 g/mol. The van der Waals surface area contributed by atoms with Crippen LogP contribution in [-0.4, -0.2) is 18.5 Å². The van der Waals surface area contributed by atoms with E-state index in [1.807, 2.05) is 19.9 Å². The van der Waals surface area contributed by atoms with Gasteiger partial charge >= 0.3 is 11.9 Å². The monoisotopic (exact) mass is 326 g/mol. The van der Waals surface area contributed by atoms with Gasteiger partial charge in [-0.2, -0.15) is 0 Å². The highest BCUT2D eigenvalue weighted by molar-refractivity contribution is 6.32. The molecular formula is C17H23ClO4. The molecule has 1 aromatic rings. The number of esters is 2. The second-order valence-corrected chi connectivity index (χ2v) is 5.66. The van der Waals surface area contributed by atoms with E-state index >= 15 is 0 Å². The largest absolute Gasteiger partial charge is 0.465 e. The first kappa shape index (κ1) is 18.5. The van der Waals surface area contributed by atoms with Crippen LogP contribution in [0, 0.1) is 12.3 Å². The van der Waals surface area contributed by atoms with Crippen LogP contribution in [0.5, 0.6) is 5.75 Å². The van der Waals surface area contributed by atoms with Gasteiger partial charge in [0.05, 0.1) is 11.6 Å². The number of ether oxygens (including phenoxy) is 2. The van der Waals surface area contributed by atoms with Gasteiger partial charge in [0.1, 0.15) is 5.75 Å². The molecule has 0 aliphatic carbocycles. The van der Waals surface area contributed by atoms with E-state index in [4.69, 9.17) is 21.1 Å². The highest BCUT2D eigenvalue weighted by atomic mass is 35.5. The normalized spacial score (nSPS) is 11.1. The molecule has 0 amide bonds. The van der Waals surface area contributed by atoms with Crippen molar-refractivity contribution in [3.63, 3.8) is 0 Å². The standard InChI is InChI=1S/C17H23ClO4/c1-5-10-21-15(19)17(6-2,7-3)16(20)22-14-11-12(4)8-9-13(14)18/h8-9,11H,5-7,10H2,1-4H3. The highest BCUT2D eigenvalue weighted by Crippen LogP contribution is 2.33. The van der Waals surface area contributed by atoms with E-state index in [1.165, 1.54) is 0 Å². The molecule has 1 rings (SSSR count). The topological polar surface area (TPSA) is 52.6 Å². The van der Waals surface area contributed by atoms with Gasteiger partial charge in [-0.1, -0.05) is 38.4 Å². The van der Waals surface area contributed by atoms with E-state index in [0.717, 1.165) is 5.56 Å². The molecule has 0 saturated heterocycles. The van der Waals surface area contributed by atoms with Gasteiger partial charge < -0.3 is 9.47 Å². The number of rotatable bonds is 7. The predicted octanol–water partition coefficient (Wildman–Crippen LogP) is 4.31. The second-order valence-electron chi connectivity index (χ2n) is 5.25. The summed E-state index contributed by atoms with van der Waals surface area (Å²) in [7, 11) is 0. The summed E-state index contributed by atoms with van der Waals surface area (Å²) in [5, 5.41) is 0.335. The number of hydrogen-bond acceptors (Lipinski definition) is 4. The first-order chi connectivity index (χ1) is 10.4. The van der Waals surface area contributed by atoms with Gasteiger partial charge in [0.15, 0.2) is 5.41 Å². The average Bonchev–Trinajstić information content (AvgIpc) is 2.50. The van der Waals surface area contributed by atoms with Crippen molar-refractivity contribution in [1.82, 2.24) is 0 Å². The van der Waals surface area contributed by atoms with Crippen molar-refractivity contribution < 1.29 is 19.1 Å². The summed E-state index contributed by atoms with van der Waals surface area (Å²) in [4.78, 5) is 24.9. The van der Waals surface area contributed by atoms with E-state index in [-0.39, 0.29) is 5.75 Å². The quantitative estimate of drug-likeness (QED) is 0.425. The van der Waals surface area contributed by atoms with Crippen LogP contribution < -0.4 is 4.74 Å². The average molecular weight is 327 g/mol. The predicted molar refractivity (Wildman–Crippen MR) is 86.1 cm³/mol. The lowest BCUT2D eigenvalue weighted by Gasteiger charge is -2.26. The first-order valence-corrected chi connectivity index (χ1v) is 7.94. The van der Waals surface area contributed by atoms with Crippen molar-refractivity contribution in [1.29, 1.82) is 0 Å². The summed E-state index contributed by atoms with van der Waals surface area (Å²) in [5.41, 5.74) is -0.373. The van der Waals surface area contributed by atoms with Crippen LogP contribution in [0.25, 0.3) is 0 Å². The minimum absolute atomic E-state index is 0.265. The Morgan fingerprint density at radius 2 is 1.77 bits per heavy atom. The molecule has 0 saturated carbocycles. The molecule has 122 valence electrons. The molecule has 1 aromatic carbocycles. The van der Waals surface area contributed by atoms with Crippen LogP contribution >= 0.6 is 11.6 Å². The number of aryl methyl sites for hydroxylation is 1. The molecule has 22 heavy (non-hydrogen) atoms. The molecule has 0 aliphatic heterocycles. The highest BCUT2D eigenvalue weighted by Gasteiger charge is 2.46. The molecule has 0 N–H and O–H groups in total. The van der Waals surface area contributed by atoms with Gasteiger partial charge in [0.2, 0.25) is 0 Å². The lowest BCUT2D eigenvalue weighted by atomic mass is 9.82. The Labute approximate surface area is 136 Å². The molecule has 5 heteroatoms. The van der Waals surface area contributed by atoms with E-state index in [1.54, 1.807) is 26.0 Å². The van der Waals surface area contributed by atoms with Crippen LogP contribution in [0.3, 0.4) is 0 Å². The fourth-order valence-corrected chi connectivity index (χ4v) is 2.29. The molecule has 0 aromatic heterocycles. The SMILES string of the molecule is CCCOC(=O)C(CC)(CC)C(=O)Oc1cc(C)ccc1Cl. The molecule has 4 nitrogen and oxygen atoms in total. The number of carbonyl (C=O) groups excluding carboxylic acids is 2. The molecule has 0 aliphatic rings. The summed E-state index contributed by atoms with van der Waals surface area (Å²) in [5.74, 6) is -0.888. The van der Waals surface area contributed by atoms with Crippen molar-refractivity contribution in [3.05, 3.63) is 28.8 Å². The van der Waals surface area contributed by atoms with Crippen molar-refractivity contribution in [2.24, 2.45) is 5.41 Å². The molecule has 0 fully saturated rings. The maximum absolute atomic E-state index is 12.6. The van der Waals surface area contributed by atoms with E-state index in [2.05, 4.69) is 0 Å². The zero-order valence-corrected chi connectivity index (χ0v) is 14.3. The number of carbonyl (C=O) groups is 2. The van der Waals surface area contributed by atoms with Crippen molar-refractivity contribution >= 4 is 23.5 Å². The first-order valence-electron chi connectivity index (χ1n) is 7.56. The van der Waals surface area contributed by atoms with Gasteiger partial charge in [-0.25, -0.2) is 0 Å². The number of benzene rings is 1. The third-order valence-electron chi connectivity index (χ3n) is 3.72. The smallest absolute Gasteiger partial charge is 0.328 e. The molecule has 0 spiro atoms. The van der Waals surface area contributed by atoms with Crippen molar-refractivity contribution in [3.8, 4) is 5.75 Å². The minimum atomic E-state index is -1.29. The maximum Gasteiger partial charge on any atom is 0.328 e. The third-order valence-corrected chi connectivity index (χ3v) is 4.03. The fourth-order valence-electron chi connectivity index (χ4n) is 2.13. The molecule has 0 bridgehead atoms. The van der Waals surface area contributed by atoms with E-state index < -0.39 is 17.4 Å². The van der Waals surface area contributed by atoms with Crippen LogP contribution in [0.4, 0.5) is 0 Å². The molecule has 0 radical (unpaired) electrons. The van der Waals surface area contributed by atoms with Crippen LogP contribution in [-0.2, 0) is 14.3 Å². The Morgan fingerprint density at radius 1 is 1.14 bits per heavy atom. The fraction of sp³-hybridized carbons (Fsp3) is 0.529. The lowest BCUT2D eigenvalue weighted by molar-refractivity contribution is -0.168. The van der Waals surface area contributed by atoms with Crippen LogP contribution in [0.1, 0.15) is 45.6 Å². The Bertz CT molecular complexity index is 535. The van der Waals surface area contributed by atoms with Gasteiger partial charge in [0, 0.05) is 0 Å². The zero-order valence-electron chi connectivity index (χ0n) is 13.6. The zero-order chi connectivity index (χ0) is 16.8. The minimum Gasteiger partial charge on any atom is -0.465 e. The van der Waals surface area contributed by atoms with E-state index in [0.29, 0.717) is 30.9 Å². The van der Waals surface area contributed by atoms with Gasteiger partial charge in [-0.15, -0.1) is 0 Å². The van der Waals surface area contributed by atoms with Gasteiger partial charge in [0.25, 0.3) is 0 Å². The third kappa shape index (κ3) is 4.01. The van der Waals surface area contributed by atoms with Crippen LogP contribution in [0.2, 0.25) is 5.02 Å². The summed E-state index contributed by atoms with van der Waals surface area (Å²) in [6.45, 7) is 7.61.